The topological polar surface area (TPSA) is 64.9 Å². The molecule has 1 heterocycles. The van der Waals surface area contributed by atoms with E-state index in [1.807, 2.05) is 0 Å². The molecule has 1 aromatic heterocycles. The van der Waals surface area contributed by atoms with Gasteiger partial charge < -0.3 is 10.3 Å². The van der Waals surface area contributed by atoms with E-state index in [1.165, 1.54) is 0 Å². The zero-order chi connectivity index (χ0) is 12.3. The maximum atomic E-state index is 5.96. The number of nitrogens with two attached hydrogens (primary N) is 1. The van der Waals surface area contributed by atoms with Crippen LogP contribution in [0.3, 0.4) is 0 Å². The first-order chi connectivity index (χ1) is 7.28. The second kappa shape index (κ2) is 4.95. The van der Waals surface area contributed by atoms with E-state index in [9.17, 15) is 0 Å². The van der Waals surface area contributed by atoms with Gasteiger partial charge >= 0.3 is 0 Å². The molecule has 0 aliphatic heterocycles. The monoisotopic (exact) mass is 225 g/mol. The van der Waals surface area contributed by atoms with Gasteiger partial charge in [-0.05, 0) is 11.3 Å². The van der Waals surface area contributed by atoms with Crippen LogP contribution in [0.1, 0.15) is 46.3 Å². The molecule has 0 spiro atoms. The van der Waals surface area contributed by atoms with Gasteiger partial charge in [0.2, 0.25) is 5.89 Å². The van der Waals surface area contributed by atoms with Crippen LogP contribution in [-0.2, 0) is 12.8 Å². The van der Waals surface area contributed by atoms with Crippen LogP contribution in [0.2, 0.25) is 0 Å². The molecule has 0 aliphatic carbocycles. The molecule has 4 nitrogen and oxygen atoms in total. The highest BCUT2D eigenvalue weighted by Gasteiger charge is 2.18. The average Bonchev–Trinajstić information content (AvgIpc) is 2.49. The highest BCUT2D eigenvalue weighted by atomic mass is 16.5. The molecule has 0 saturated heterocycles. The quantitative estimate of drug-likeness (QED) is 0.853. The predicted octanol–water partition coefficient (Wildman–Crippen LogP) is 2.18. The standard InChI is InChI=1S/C12H23N3O/c1-8(2)9(13)6-11-14-10(15-16-11)7-12(3,4)5/h8-9H,6-7,13H2,1-5H3. The van der Waals surface area contributed by atoms with Crippen molar-refractivity contribution < 1.29 is 4.52 Å². The van der Waals surface area contributed by atoms with Crippen LogP contribution in [0, 0.1) is 11.3 Å². The van der Waals surface area contributed by atoms with Crippen molar-refractivity contribution in [3.8, 4) is 0 Å². The second-order valence-corrected chi connectivity index (χ2v) is 5.95. The fourth-order valence-corrected chi connectivity index (χ4v) is 1.36. The van der Waals surface area contributed by atoms with Crippen LogP contribution in [-0.4, -0.2) is 16.2 Å². The van der Waals surface area contributed by atoms with E-state index in [2.05, 4.69) is 44.8 Å². The Morgan fingerprint density at radius 1 is 1.31 bits per heavy atom. The largest absolute Gasteiger partial charge is 0.339 e. The Balaban J connectivity index is 2.58. The van der Waals surface area contributed by atoms with Crippen molar-refractivity contribution in [2.24, 2.45) is 17.1 Å². The summed E-state index contributed by atoms with van der Waals surface area (Å²) < 4.78 is 5.19. The molecule has 16 heavy (non-hydrogen) atoms. The van der Waals surface area contributed by atoms with E-state index in [4.69, 9.17) is 10.3 Å². The van der Waals surface area contributed by atoms with Crippen LogP contribution in [0.15, 0.2) is 4.52 Å². The summed E-state index contributed by atoms with van der Waals surface area (Å²) in [5.41, 5.74) is 6.14. The van der Waals surface area contributed by atoms with Crippen LogP contribution < -0.4 is 5.73 Å². The molecule has 1 atom stereocenters. The minimum atomic E-state index is 0.0861. The smallest absolute Gasteiger partial charge is 0.228 e. The Morgan fingerprint density at radius 2 is 1.94 bits per heavy atom. The Hall–Kier alpha value is -0.900. The minimum Gasteiger partial charge on any atom is -0.339 e. The molecule has 0 aliphatic rings. The molecule has 0 bridgehead atoms. The lowest BCUT2D eigenvalue weighted by molar-refractivity contribution is 0.340. The fraction of sp³-hybridized carbons (Fsp3) is 0.833. The number of rotatable bonds is 4. The normalized spacial score (nSPS) is 14.4. The molecular weight excluding hydrogens is 202 g/mol. The molecule has 1 unspecified atom stereocenters. The molecule has 0 aromatic carbocycles. The number of aromatic nitrogens is 2. The average molecular weight is 225 g/mol. The van der Waals surface area contributed by atoms with Crippen molar-refractivity contribution in [3.05, 3.63) is 11.7 Å². The molecule has 4 heteroatoms. The van der Waals surface area contributed by atoms with Crippen molar-refractivity contribution in [2.45, 2.75) is 53.5 Å². The van der Waals surface area contributed by atoms with Gasteiger partial charge in [0.1, 0.15) is 0 Å². The van der Waals surface area contributed by atoms with E-state index in [0.717, 1.165) is 12.2 Å². The minimum absolute atomic E-state index is 0.0861. The summed E-state index contributed by atoms with van der Waals surface area (Å²) in [6.45, 7) is 10.7. The van der Waals surface area contributed by atoms with Crippen LogP contribution in [0.5, 0.6) is 0 Å². The Labute approximate surface area is 97.6 Å². The van der Waals surface area contributed by atoms with E-state index in [0.29, 0.717) is 18.2 Å². The number of nitrogens with zero attached hydrogens (tertiary/aromatic N) is 2. The van der Waals surface area contributed by atoms with Crippen molar-refractivity contribution in [1.82, 2.24) is 10.1 Å². The van der Waals surface area contributed by atoms with Crippen molar-refractivity contribution in [3.63, 3.8) is 0 Å². The Morgan fingerprint density at radius 3 is 2.44 bits per heavy atom. The SMILES string of the molecule is CC(C)C(N)Cc1nc(CC(C)(C)C)no1. The lowest BCUT2D eigenvalue weighted by atomic mass is 9.92. The van der Waals surface area contributed by atoms with E-state index in [1.54, 1.807) is 0 Å². The first-order valence-corrected chi connectivity index (χ1v) is 5.85. The highest BCUT2D eigenvalue weighted by Crippen LogP contribution is 2.18. The zero-order valence-corrected chi connectivity index (χ0v) is 10.9. The van der Waals surface area contributed by atoms with Gasteiger partial charge in [0, 0.05) is 18.9 Å². The maximum Gasteiger partial charge on any atom is 0.228 e. The van der Waals surface area contributed by atoms with Gasteiger partial charge in [0.25, 0.3) is 0 Å². The summed E-state index contributed by atoms with van der Waals surface area (Å²) in [6.07, 6.45) is 1.49. The predicted molar refractivity (Wildman–Crippen MR) is 64.0 cm³/mol. The Kier molecular flexibility index (Phi) is 4.08. The zero-order valence-electron chi connectivity index (χ0n) is 10.9. The summed E-state index contributed by atoms with van der Waals surface area (Å²) in [5, 5.41) is 3.97. The summed E-state index contributed by atoms with van der Waals surface area (Å²) in [5.74, 6) is 1.86. The molecule has 0 saturated carbocycles. The summed E-state index contributed by atoms with van der Waals surface area (Å²) in [7, 11) is 0. The maximum absolute atomic E-state index is 5.96. The summed E-state index contributed by atoms with van der Waals surface area (Å²) in [6, 6.07) is 0.0861. The van der Waals surface area contributed by atoms with Gasteiger partial charge in [-0.2, -0.15) is 4.98 Å². The van der Waals surface area contributed by atoms with Crippen LogP contribution in [0.25, 0.3) is 0 Å². The van der Waals surface area contributed by atoms with Gasteiger partial charge in [-0.15, -0.1) is 0 Å². The fourth-order valence-electron chi connectivity index (χ4n) is 1.36. The number of hydrogen-bond donors (Lipinski definition) is 1. The van der Waals surface area contributed by atoms with Gasteiger partial charge in [0.05, 0.1) is 0 Å². The highest BCUT2D eigenvalue weighted by molar-refractivity contribution is 4.92. The molecule has 0 amide bonds. The molecule has 0 radical (unpaired) electrons. The van der Waals surface area contributed by atoms with Gasteiger partial charge in [-0.1, -0.05) is 39.8 Å². The van der Waals surface area contributed by atoms with Gasteiger partial charge in [-0.3, -0.25) is 0 Å². The molecule has 1 aromatic rings. The second-order valence-electron chi connectivity index (χ2n) is 5.95. The molecular formula is C12H23N3O. The molecule has 92 valence electrons. The third kappa shape index (κ3) is 4.31. The van der Waals surface area contributed by atoms with E-state index >= 15 is 0 Å². The van der Waals surface area contributed by atoms with E-state index < -0.39 is 0 Å². The third-order valence-corrected chi connectivity index (χ3v) is 2.47. The lowest BCUT2D eigenvalue weighted by Crippen LogP contribution is -2.28. The van der Waals surface area contributed by atoms with Crippen LogP contribution in [0.4, 0.5) is 0 Å². The summed E-state index contributed by atoms with van der Waals surface area (Å²) >= 11 is 0. The van der Waals surface area contributed by atoms with Gasteiger partial charge in [0.15, 0.2) is 5.82 Å². The summed E-state index contributed by atoms with van der Waals surface area (Å²) in [4.78, 5) is 4.36. The van der Waals surface area contributed by atoms with Crippen molar-refractivity contribution in [2.75, 3.05) is 0 Å². The van der Waals surface area contributed by atoms with E-state index in [-0.39, 0.29) is 11.5 Å². The first-order valence-electron chi connectivity index (χ1n) is 5.85. The third-order valence-electron chi connectivity index (χ3n) is 2.47. The molecule has 0 fully saturated rings. The van der Waals surface area contributed by atoms with Crippen molar-refractivity contribution in [1.29, 1.82) is 0 Å². The van der Waals surface area contributed by atoms with Gasteiger partial charge in [-0.25, -0.2) is 0 Å². The van der Waals surface area contributed by atoms with Crippen LogP contribution >= 0.6 is 0 Å². The lowest BCUT2D eigenvalue weighted by Gasteiger charge is -2.14. The first kappa shape index (κ1) is 13.2. The molecule has 2 N–H and O–H groups in total. The molecule has 1 rings (SSSR count). The Bertz CT molecular complexity index is 325. The number of hydrogen-bond acceptors (Lipinski definition) is 4. The van der Waals surface area contributed by atoms with Crippen molar-refractivity contribution >= 4 is 0 Å².